The molecule has 1 unspecified atom stereocenters. The van der Waals surface area contributed by atoms with E-state index in [1.165, 1.54) is 24.3 Å². The number of rotatable bonds is 9. The molecule has 0 aliphatic heterocycles. The van der Waals surface area contributed by atoms with Gasteiger partial charge in [-0.15, -0.1) is 0 Å². The first-order valence-corrected chi connectivity index (χ1v) is 13.4. The number of halogens is 8. The smallest absolute Gasteiger partial charge is 0.429 e. The maximum absolute atomic E-state index is 13.4. The third-order valence-electron chi connectivity index (χ3n) is 5.25. The van der Waals surface area contributed by atoms with Crippen LogP contribution in [0.1, 0.15) is 0 Å². The minimum absolute atomic E-state index is 0.422. The Hall–Kier alpha value is -3.41. The van der Waals surface area contributed by atoms with Crippen LogP contribution in [0.5, 0.6) is 11.5 Å². The van der Waals surface area contributed by atoms with Crippen LogP contribution in [0.15, 0.2) is 93.5 Å². The van der Waals surface area contributed by atoms with E-state index >= 15 is 0 Å². The van der Waals surface area contributed by atoms with Crippen LogP contribution in [0.4, 0.5) is 35.1 Å². The number of hydrogen-bond acceptors (Lipinski definition) is 7. The Kier molecular flexibility index (Phi) is 8.98. The number of aliphatic hydroxyl groups is 1. The van der Waals surface area contributed by atoms with Gasteiger partial charge in [0.1, 0.15) is 18.1 Å². The topological polar surface area (TPSA) is 113 Å². The molecule has 0 spiro atoms. The highest BCUT2D eigenvalue weighted by Crippen LogP contribution is 2.43. The molecule has 0 bridgehead atoms. The van der Waals surface area contributed by atoms with Crippen LogP contribution in [0.25, 0.3) is 0 Å². The average Bonchev–Trinajstić information content (AvgIpc) is 2.87. The number of carbonyl (C=O) groups is 1. The van der Waals surface area contributed by atoms with Gasteiger partial charge in [-0.3, -0.25) is 0 Å². The van der Waals surface area contributed by atoms with Crippen LogP contribution in [0.2, 0.25) is 0 Å². The van der Waals surface area contributed by atoms with Crippen LogP contribution >= 0.6 is 0 Å². The number of esters is 1. The van der Waals surface area contributed by atoms with Gasteiger partial charge >= 0.3 is 23.6 Å². The molecular weight excluding hydrogens is 616 g/mol. The molecule has 3 aromatic rings. The van der Waals surface area contributed by atoms with Crippen molar-refractivity contribution >= 4 is 27.0 Å². The van der Waals surface area contributed by atoms with Gasteiger partial charge in [0.2, 0.25) is 0 Å². The molecule has 1 atom stereocenters. The highest BCUT2D eigenvalue weighted by atomic mass is 32.2. The first kappa shape index (κ1) is 32.1. The van der Waals surface area contributed by atoms with Crippen molar-refractivity contribution in [3.63, 3.8) is 0 Å². The number of ether oxygens (including phenoxy) is 2. The Balaban J connectivity index is 1.88. The van der Waals surface area contributed by atoms with Crippen molar-refractivity contribution in [2.45, 2.75) is 37.9 Å². The second-order valence-corrected chi connectivity index (χ2v) is 11.5. The van der Waals surface area contributed by atoms with Gasteiger partial charge < -0.3 is 19.1 Å². The zero-order valence-corrected chi connectivity index (χ0v) is 21.6. The van der Waals surface area contributed by atoms with Crippen LogP contribution in [-0.4, -0.2) is 53.9 Å². The second-order valence-electron chi connectivity index (χ2n) is 8.07. The van der Waals surface area contributed by atoms with Gasteiger partial charge in [0.05, 0.1) is 10.9 Å². The van der Waals surface area contributed by atoms with E-state index in [1.54, 1.807) is 30.3 Å². The fraction of sp³-hybridized carbons (Fsp3) is 0.208. The van der Waals surface area contributed by atoms with Gasteiger partial charge in [0.15, 0.2) is 24.8 Å². The molecule has 0 aromatic heterocycles. The molecule has 0 saturated heterocycles. The average molecular weight is 633 g/mol. The molecule has 222 valence electrons. The van der Waals surface area contributed by atoms with Crippen LogP contribution in [0, 0.1) is 0 Å². The predicted molar refractivity (Wildman–Crippen MR) is 124 cm³/mol. The largest absolute Gasteiger partial charge is 0.743 e. The Morgan fingerprint density at radius 2 is 1.15 bits per heavy atom. The molecular formula is C24H16F8O7S2. The van der Waals surface area contributed by atoms with Crippen molar-refractivity contribution in [1.29, 1.82) is 0 Å². The molecule has 3 rings (SSSR count). The molecule has 0 heterocycles. The monoisotopic (exact) mass is 632 g/mol. The summed E-state index contributed by atoms with van der Waals surface area (Å²) in [6, 6.07) is 17.9. The van der Waals surface area contributed by atoms with Crippen molar-refractivity contribution in [3.05, 3.63) is 78.9 Å². The van der Waals surface area contributed by atoms with Crippen molar-refractivity contribution in [3.8, 4) is 11.5 Å². The molecule has 7 nitrogen and oxygen atoms in total. The lowest BCUT2D eigenvalue weighted by atomic mass is 10.0. The minimum atomic E-state index is -6.34. The van der Waals surface area contributed by atoms with E-state index in [2.05, 4.69) is 9.47 Å². The molecule has 0 aliphatic carbocycles. The number of carbonyl (C=O) groups excluding carboxylic acids is 1. The summed E-state index contributed by atoms with van der Waals surface area (Å²) < 4.78 is 145. The molecule has 3 aromatic carbocycles. The van der Waals surface area contributed by atoms with Crippen molar-refractivity contribution in [2.75, 3.05) is 6.61 Å². The van der Waals surface area contributed by atoms with Gasteiger partial charge in [-0.1, -0.05) is 18.2 Å². The summed E-state index contributed by atoms with van der Waals surface area (Å²) in [7, 11) is -7.36. The standard InChI is InChI=1S/C24H16F8O7S2/c25-22(26,41(35,36)37)20(33)39-16-8-12-19(13-9-16)40(17-4-2-1-3-5-17)18-10-6-15(7-11-18)38-14-21(34,23(27,28)29)24(30,31)32/h1-13,34H,14H2. The fourth-order valence-electron chi connectivity index (χ4n) is 3.06. The number of alkyl halides is 8. The van der Waals surface area contributed by atoms with Crippen molar-refractivity contribution < 1.29 is 67.5 Å². The van der Waals surface area contributed by atoms with Gasteiger partial charge in [-0.05, 0) is 60.7 Å². The highest BCUT2D eigenvalue weighted by Gasteiger charge is 2.71. The first-order valence-electron chi connectivity index (χ1n) is 10.8. The summed E-state index contributed by atoms with van der Waals surface area (Å²) in [4.78, 5) is 13.1. The van der Waals surface area contributed by atoms with Gasteiger partial charge in [0.25, 0.3) is 5.60 Å². The lowest BCUT2D eigenvalue weighted by Gasteiger charge is -2.31. The second kappa shape index (κ2) is 11.5. The van der Waals surface area contributed by atoms with Gasteiger partial charge in [-0.25, -0.2) is 13.2 Å². The summed E-state index contributed by atoms with van der Waals surface area (Å²) >= 11 is 0. The molecule has 0 fully saturated rings. The molecule has 17 heteroatoms. The summed E-state index contributed by atoms with van der Waals surface area (Å²) in [5.41, 5.74) is -5.11. The predicted octanol–water partition coefficient (Wildman–Crippen LogP) is 5.06. The van der Waals surface area contributed by atoms with E-state index in [4.69, 9.17) is 0 Å². The Morgan fingerprint density at radius 3 is 1.56 bits per heavy atom. The zero-order chi connectivity index (χ0) is 30.9. The Morgan fingerprint density at radius 1 is 0.732 bits per heavy atom. The quantitative estimate of drug-likeness (QED) is 0.115. The van der Waals surface area contributed by atoms with E-state index < -0.39 is 68.3 Å². The van der Waals surface area contributed by atoms with Crippen LogP contribution in [-0.2, 0) is 25.8 Å². The number of hydrogen-bond donors (Lipinski definition) is 1. The van der Waals surface area contributed by atoms with E-state index in [1.807, 2.05) is 0 Å². The van der Waals surface area contributed by atoms with Crippen LogP contribution in [0.3, 0.4) is 0 Å². The third kappa shape index (κ3) is 6.91. The van der Waals surface area contributed by atoms with E-state index in [9.17, 15) is 58.0 Å². The summed E-state index contributed by atoms with van der Waals surface area (Å²) in [6.45, 7) is -2.16. The molecule has 1 N–H and O–H groups in total. The van der Waals surface area contributed by atoms with Crippen molar-refractivity contribution in [1.82, 2.24) is 0 Å². The lowest BCUT2D eigenvalue weighted by Crippen LogP contribution is -2.60. The SMILES string of the molecule is O=C(Oc1ccc([S+](c2ccccc2)c2ccc(OCC(O)(C(F)(F)F)C(F)(F)F)cc2)cc1)C(F)(F)S(=O)(=O)[O-]. The molecule has 0 aliphatic rings. The Bertz CT molecular complexity index is 1450. The lowest BCUT2D eigenvalue weighted by molar-refractivity contribution is -0.373. The maximum Gasteiger partial charge on any atom is 0.429 e. The summed E-state index contributed by atoms with van der Waals surface area (Å²) in [5.74, 6) is -3.56. The Labute approximate surface area is 229 Å². The zero-order valence-electron chi connectivity index (χ0n) is 19.9. The normalized spacial score (nSPS) is 13.9. The van der Waals surface area contributed by atoms with E-state index in [0.29, 0.717) is 14.7 Å². The molecule has 0 radical (unpaired) electrons. The van der Waals surface area contributed by atoms with Crippen LogP contribution < -0.4 is 9.47 Å². The third-order valence-corrected chi connectivity index (χ3v) is 8.27. The van der Waals surface area contributed by atoms with Gasteiger partial charge in [0, 0.05) is 0 Å². The van der Waals surface area contributed by atoms with Gasteiger partial charge in [-0.2, -0.15) is 35.1 Å². The summed E-state index contributed by atoms with van der Waals surface area (Å²) in [6.07, 6.45) is -12.1. The minimum Gasteiger partial charge on any atom is -0.743 e. The number of benzene rings is 3. The molecule has 41 heavy (non-hydrogen) atoms. The van der Waals surface area contributed by atoms with Crippen molar-refractivity contribution in [2.24, 2.45) is 0 Å². The maximum atomic E-state index is 13.4. The fourth-order valence-corrected chi connectivity index (χ4v) is 5.37. The first-order chi connectivity index (χ1) is 18.8. The van der Waals surface area contributed by atoms with E-state index in [-0.39, 0.29) is 0 Å². The van der Waals surface area contributed by atoms with E-state index in [0.717, 1.165) is 24.3 Å². The molecule has 0 saturated carbocycles. The summed E-state index contributed by atoms with van der Waals surface area (Å²) in [5, 5.41) is 3.92. The highest BCUT2D eigenvalue weighted by molar-refractivity contribution is 7.97. The molecule has 0 amide bonds.